The zero-order valence-electron chi connectivity index (χ0n) is 16.2. The molecule has 0 atom stereocenters. The highest BCUT2D eigenvalue weighted by molar-refractivity contribution is 7.19. The molecule has 29 heavy (non-hydrogen) atoms. The summed E-state index contributed by atoms with van der Waals surface area (Å²) in [5.41, 5.74) is 3.18. The minimum Gasteiger partial charge on any atom is -0.462 e. The quantitative estimate of drug-likeness (QED) is 0.454. The van der Waals surface area contributed by atoms with E-state index in [4.69, 9.17) is 4.74 Å². The maximum atomic E-state index is 13.3. The molecular formula is C23H20N2O3S. The number of carbonyl (C=O) groups is 1. The van der Waals surface area contributed by atoms with Crippen LogP contribution in [-0.4, -0.2) is 22.1 Å². The summed E-state index contributed by atoms with van der Waals surface area (Å²) < 4.78 is 6.65. The van der Waals surface area contributed by atoms with E-state index in [2.05, 4.69) is 4.98 Å². The van der Waals surface area contributed by atoms with Crippen LogP contribution in [0.25, 0.3) is 21.3 Å². The van der Waals surface area contributed by atoms with Crippen LogP contribution in [0.15, 0.2) is 65.7 Å². The van der Waals surface area contributed by atoms with Gasteiger partial charge in [-0.2, -0.15) is 0 Å². The molecule has 4 aromatic rings. The summed E-state index contributed by atoms with van der Waals surface area (Å²) in [6, 6.07) is 17.1. The van der Waals surface area contributed by atoms with Crippen molar-refractivity contribution in [2.24, 2.45) is 0 Å². The van der Waals surface area contributed by atoms with Crippen molar-refractivity contribution in [2.45, 2.75) is 20.4 Å². The number of aromatic nitrogens is 2. The van der Waals surface area contributed by atoms with Crippen molar-refractivity contribution in [1.29, 1.82) is 0 Å². The Balaban J connectivity index is 1.77. The van der Waals surface area contributed by atoms with Gasteiger partial charge in [0.1, 0.15) is 4.83 Å². The minimum atomic E-state index is -0.366. The van der Waals surface area contributed by atoms with Gasteiger partial charge in [-0.25, -0.2) is 9.78 Å². The van der Waals surface area contributed by atoms with Crippen LogP contribution in [0.3, 0.4) is 0 Å². The third-order valence-electron chi connectivity index (χ3n) is 4.71. The largest absolute Gasteiger partial charge is 0.462 e. The lowest BCUT2D eigenvalue weighted by molar-refractivity contribution is 0.0526. The van der Waals surface area contributed by atoms with E-state index in [1.54, 1.807) is 36.0 Å². The topological polar surface area (TPSA) is 61.2 Å². The standard InChI is InChI=1S/C23H20N2O3S/c1-3-28-23(27)18-11-7-8-16(12-18)13-25-14-24-21-20(22(25)26)19(15(2)29-21)17-9-5-4-6-10-17/h4-12,14H,3,13H2,1-2H3. The van der Waals surface area contributed by atoms with Crippen molar-refractivity contribution < 1.29 is 9.53 Å². The van der Waals surface area contributed by atoms with Crippen LogP contribution < -0.4 is 5.56 Å². The molecule has 0 N–H and O–H groups in total. The predicted octanol–water partition coefficient (Wildman–Crippen LogP) is 4.66. The Kier molecular flexibility index (Phi) is 5.27. The molecule has 0 bridgehead atoms. The third kappa shape index (κ3) is 3.71. The Bertz CT molecular complexity index is 1240. The third-order valence-corrected chi connectivity index (χ3v) is 5.72. The van der Waals surface area contributed by atoms with Crippen molar-refractivity contribution in [3.05, 3.63) is 87.3 Å². The summed E-state index contributed by atoms with van der Waals surface area (Å²) in [4.78, 5) is 31.6. The van der Waals surface area contributed by atoms with Gasteiger partial charge in [0.2, 0.25) is 0 Å². The first kappa shape index (κ1) is 19.1. The van der Waals surface area contributed by atoms with E-state index in [1.165, 1.54) is 11.3 Å². The van der Waals surface area contributed by atoms with E-state index in [1.807, 2.05) is 43.3 Å². The molecule has 146 valence electrons. The first-order valence-corrected chi connectivity index (χ1v) is 10.2. The monoisotopic (exact) mass is 404 g/mol. The van der Waals surface area contributed by atoms with Crippen LogP contribution >= 0.6 is 11.3 Å². The smallest absolute Gasteiger partial charge is 0.338 e. The molecule has 5 nitrogen and oxygen atoms in total. The van der Waals surface area contributed by atoms with Crippen LogP contribution in [-0.2, 0) is 11.3 Å². The second-order valence-electron chi connectivity index (χ2n) is 6.68. The lowest BCUT2D eigenvalue weighted by atomic mass is 10.0. The summed E-state index contributed by atoms with van der Waals surface area (Å²) in [6.45, 7) is 4.44. The van der Waals surface area contributed by atoms with Crippen LogP contribution in [0.5, 0.6) is 0 Å². The number of aryl methyl sites for hydroxylation is 1. The normalized spacial score (nSPS) is 11.0. The van der Waals surface area contributed by atoms with E-state index in [9.17, 15) is 9.59 Å². The molecule has 6 heteroatoms. The average molecular weight is 404 g/mol. The number of hydrogen-bond acceptors (Lipinski definition) is 5. The zero-order chi connectivity index (χ0) is 20.4. The number of esters is 1. The molecule has 0 spiro atoms. The summed E-state index contributed by atoms with van der Waals surface area (Å²) in [5, 5.41) is 0.641. The Morgan fingerprint density at radius 2 is 1.93 bits per heavy atom. The summed E-state index contributed by atoms with van der Waals surface area (Å²) in [6.07, 6.45) is 1.58. The number of benzene rings is 2. The summed E-state index contributed by atoms with van der Waals surface area (Å²) in [7, 11) is 0. The second kappa shape index (κ2) is 8.01. The molecule has 4 rings (SSSR count). The van der Waals surface area contributed by atoms with Crippen molar-refractivity contribution >= 4 is 27.5 Å². The van der Waals surface area contributed by atoms with E-state index >= 15 is 0 Å². The SMILES string of the molecule is CCOC(=O)c1cccc(Cn2cnc3sc(C)c(-c4ccccc4)c3c2=O)c1. The molecule has 0 aliphatic heterocycles. The van der Waals surface area contributed by atoms with E-state index in [0.717, 1.165) is 26.4 Å². The maximum Gasteiger partial charge on any atom is 0.338 e. The Hall–Kier alpha value is -3.25. The highest BCUT2D eigenvalue weighted by Gasteiger charge is 2.17. The number of rotatable bonds is 5. The minimum absolute atomic E-state index is 0.0836. The van der Waals surface area contributed by atoms with Crippen molar-refractivity contribution in [3.8, 4) is 11.1 Å². The van der Waals surface area contributed by atoms with Crippen LogP contribution in [0.1, 0.15) is 27.7 Å². The fourth-order valence-electron chi connectivity index (χ4n) is 3.41. The van der Waals surface area contributed by atoms with Gasteiger partial charge in [-0.1, -0.05) is 42.5 Å². The lowest BCUT2D eigenvalue weighted by Gasteiger charge is -2.08. The Labute approximate surface area is 172 Å². The fourth-order valence-corrected chi connectivity index (χ4v) is 4.41. The van der Waals surface area contributed by atoms with Crippen LogP contribution in [0.4, 0.5) is 0 Å². The molecule has 0 unspecified atom stereocenters. The van der Waals surface area contributed by atoms with Gasteiger partial charge in [0.05, 0.1) is 30.4 Å². The van der Waals surface area contributed by atoms with E-state index in [-0.39, 0.29) is 11.5 Å². The molecular weight excluding hydrogens is 384 g/mol. The highest BCUT2D eigenvalue weighted by Crippen LogP contribution is 2.35. The summed E-state index contributed by atoms with van der Waals surface area (Å²) >= 11 is 1.53. The fraction of sp³-hybridized carbons (Fsp3) is 0.174. The van der Waals surface area contributed by atoms with E-state index < -0.39 is 0 Å². The molecule has 0 saturated carbocycles. The first-order chi connectivity index (χ1) is 14.1. The van der Waals surface area contributed by atoms with E-state index in [0.29, 0.717) is 24.1 Å². The van der Waals surface area contributed by atoms with Crippen molar-refractivity contribution in [1.82, 2.24) is 9.55 Å². The van der Waals surface area contributed by atoms with Gasteiger partial charge in [0.25, 0.3) is 5.56 Å². The molecule has 0 radical (unpaired) electrons. The maximum absolute atomic E-state index is 13.3. The molecule has 2 heterocycles. The molecule has 0 saturated heterocycles. The van der Waals surface area contributed by atoms with Gasteiger partial charge in [0.15, 0.2) is 0 Å². The second-order valence-corrected chi connectivity index (χ2v) is 7.88. The first-order valence-electron chi connectivity index (χ1n) is 9.38. The predicted molar refractivity (Wildman–Crippen MR) is 116 cm³/mol. The van der Waals surface area contributed by atoms with Gasteiger partial charge in [-0.3, -0.25) is 9.36 Å². The number of fused-ring (bicyclic) bond motifs is 1. The van der Waals surface area contributed by atoms with Gasteiger partial charge in [-0.05, 0) is 37.1 Å². The van der Waals surface area contributed by atoms with Crippen LogP contribution in [0, 0.1) is 6.92 Å². The van der Waals surface area contributed by atoms with Gasteiger partial charge < -0.3 is 4.74 Å². The molecule has 2 aromatic carbocycles. The highest BCUT2D eigenvalue weighted by atomic mass is 32.1. The average Bonchev–Trinajstić information content (AvgIpc) is 3.08. The van der Waals surface area contributed by atoms with Gasteiger partial charge in [0, 0.05) is 10.4 Å². The van der Waals surface area contributed by atoms with Crippen molar-refractivity contribution in [2.75, 3.05) is 6.61 Å². The Morgan fingerprint density at radius 3 is 2.69 bits per heavy atom. The Morgan fingerprint density at radius 1 is 1.14 bits per heavy atom. The molecule has 0 amide bonds. The number of carbonyl (C=O) groups excluding carboxylic acids is 1. The number of nitrogens with zero attached hydrogens (tertiary/aromatic N) is 2. The summed E-state index contributed by atoms with van der Waals surface area (Å²) in [5.74, 6) is -0.366. The molecule has 0 fully saturated rings. The van der Waals surface area contributed by atoms with Gasteiger partial charge >= 0.3 is 5.97 Å². The zero-order valence-corrected chi connectivity index (χ0v) is 17.0. The molecule has 0 aliphatic carbocycles. The number of hydrogen-bond donors (Lipinski definition) is 0. The number of thiophene rings is 1. The lowest BCUT2D eigenvalue weighted by Crippen LogP contribution is -2.21. The van der Waals surface area contributed by atoms with Crippen LogP contribution in [0.2, 0.25) is 0 Å². The molecule has 2 aromatic heterocycles. The number of ether oxygens (including phenoxy) is 1. The van der Waals surface area contributed by atoms with Crippen molar-refractivity contribution in [3.63, 3.8) is 0 Å². The molecule has 0 aliphatic rings. The van der Waals surface area contributed by atoms with Gasteiger partial charge in [-0.15, -0.1) is 11.3 Å².